The summed E-state index contributed by atoms with van der Waals surface area (Å²) >= 11 is 4.73. The summed E-state index contributed by atoms with van der Waals surface area (Å²) < 4.78 is 26.9. The Bertz CT molecular complexity index is 323. The lowest BCUT2D eigenvalue weighted by molar-refractivity contribution is 0.393. The average molecular weight is 251 g/mol. The highest BCUT2D eigenvalue weighted by atomic mass is 32.2. The molecule has 5 nitrogen and oxygen atoms in total. The van der Waals surface area contributed by atoms with Crippen molar-refractivity contribution in [2.75, 3.05) is 26.2 Å². The number of rotatable bonds is 5. The number of hydrogen-bond donors (Lipinski definition) is 1. The molecule has 0 aliphatic carbocycles. The van der Waals surface area contributed by atoms with Crippen molar-refractivity contribution in [3.05, 3.63) is 0 Å². The van der Waals surface area contributed by atoms with E-state index in [1.807, 2.05) is 0 Å². The van der Waals surface area contributed by atoms with Gasteiger partial charge in [-0.3, -0.25) is 0 Å². The summed E-state index contributed by atoms with van der Waals surface area (Å²) in [6.45, 7) is 3.53. The van der Waals surface area contributed by atoms with Gasteiger partial charge in [0.05, 0.1) is 11.5 Å². The molecule has 0 aromatic heterocycles. The van der Waals surface area contributed by atoms with Gasteiger partial charge >= 0.3 is 0 Å². The quantitative estimate of drug-likeness (QED) is 0.695. The molecule has 0 radical (unpaired) electrons. The molecule has 1 saturated heterocycles. The Balaban J connectivity index is 2.76. The molecule has 7 heteroatoms. The Hall–Kier alpha value is -0.240. The number of hydrogen-bond acceptors (Lipinski definition) is 3. The zero-order valence-corrected chi connectivity index (χ0v) is 10.5. The van der Waals surface area contributed by atoms with Gasteiger partial charge in [-0.05, 0) is 12.8 Å². The third kappa shape index (κ3) is 3.10. The first-order chi connectivity index (χ1) is 6.98. The minimum absolute atomic E-state index is 0.130. The molecule has 0 aromatic rings. The molecule has 0 atom stereocenters. The van der Waals surface area contributed by atoms with Gasteiger partial charge in [-0.1, -0.05) is 19.1 Å². The van der Waals surface area contributed by atoms with E-state index in [2.05, 4.69) is 0 Å². The van der Waals surface area contributed by atoms with Crippen molar-refractivity contribution in [1.29, 1.82) is 0 Å². The molecular weight excluding hydrogens is 234 g/mol. The maximum absolute atomic E-state index is 12.0. The average Bonchev–Trinajstić information content (AvgIpc) is 2.66. The Labute approximate surface area is 96.4 Å². The van der Waals surface area contributed by atoms with Crippen molar-refractivity contribution in [2.45, 2.75) is 19.8 Å². The lowest BCUT2D eigenvalue weighted by atomic mass is 10.4. The van der Waals surface area contributed by atoms with Gasteiger partial charge in [-0.2, -0.15) is 17.0 Å². The molecule has 88 valence electrons. The smallest absolute Gasteiger partial charge is 0.282 e. The van der Waals surface area contributed by atoms with Crippen LogP contribution in [0.5, 0.6) is 0 Å². The van der Waals surface area contributed by atoms with Crippen molar-refractivity contribution in [3.63, 3.8) is 0 Å². The van der Waals surface area contributed by atoms with Gasteiger partial charge in [0.2, 0.25) is 0 Å². The van der Waals surface area contributed by atoms with Crippen LogP contribution in [-0.4, -0.2) is 48.2 Å². The zero-order chi connectivity index (χ0) is 11.5. The van der Waals surface area contributed by atoms with Crippen LogP contribution in [0.1, 0.15) is 19.8 Å². The lowest BCUT2D eigenvalue weighted by Crippen LogP contribution is -2.45. The van der Waals surface area contributed by atoms with Crippen LogP contribution < -0.4 is 5.73 Å². The van der Waals surface area contributed by atoms with Gasteiger partial charge in [-0.15, -0.1) is 0 Å². The molecule has 1 aliphatic rings. The summed E-state index contributed by atoms with van der Waals surface area (Å²) in [5.41, 5.74) is 5.37. The molecule has 1 heterocycles. The lowest BCUT2D eigenvalue weighted by Gasteiger charge is -2.25. The fourth-order valence-electron chi connectivity index (χ4n) is 1.61. The Morgan fingerprint density at radius 1 is 1.47 bits per heavy atom. The van der Waals surface area contributed by atoms with Crippen molar-refractivity contribution >= 4 is 27.4 Å². The molecule has 0 bridgehead atoms. The number of likely N-dealkylation sites (N-methyl/N-ethyl adjacent to an activating group) is 1. The van der Waals surface area contributed by atoms with E-state index in [1.54, 1.807) is 6.92 Å². The SMILES string of the molecule is CCN(CC(N)=S)S(=O)(=O)N1CCCC1. The third-order valence-corrected chi connectivity index (χ3v) is 4.59. The minimum Gasteiger partial charge on any atom is -0.392 e. The standard InChI is InChI=1S/C8H17N3O2S2/c1-2-10(7-8(9)14)15(12,13)11-5-3-4-6-11/h2-7H2,1H3,(H2,9,14). The van der Waals surface area contributed by atoms with E-state index in [4.69, 9.17) is 18.0 Å². The highest BCUT2D eigenvalue weighted by molar-refractivity contribution is 7.87. The molecule has 1 fully saturated rings. The van der Waals surface area contributed by atoms with E-state index in [0.717, 1.165) is 12.8 Å². The molecule has 1 rings (SSSR count). The van der Waals surface area contributed by atoms with E-state index >= 15 is 0 Å². The van der Waals surface area contributed by atoms with Crippen molar-refractivity contribution in [1.82, 2.24) is 8.61 Å². The first-order valence-corrected chi connectivity index (χ1v) is 6.82. The van der Waals surface area contributed by atoms with Gasteiger partial charge in [0.25, 0.3) is 10.2 Å². The summed E-state index contributed by atoms with van der Waals surface area (Å²) in [5.74, 6) is 0. The second kappa shape index (κ2) is 5.20. The maximum atomic E-state index is 12.0. The van der Waals surface area contributed by atoms with Crippen molar-refractivity contribution in [3.8, 4) is 0 Å². The molecule has 0 amide bonds. The Morgan fingerprint density at radius 2 is 2.00 bits per heavy atom. The van der Waals surface area contributed by atoms with E-state index in [1.165, 1.54) is 8.61 Å². The van der Waals surface area contributed by atoms with E-state index in [-0.39, 0.29) is 11.5 Å². The summed E-state index contributed by atoms with van der Waals surface area (Å²) in [6, 6.07) is 0. The highest BCUT2D eigenvalue weighted by Crippen LogP contribution is 2.15. The first kappa shape index (κ1) is 12.8. The molecule has 0 spiro atoms. The largest absolute Gasteiger partial charge is 0.392 e. The summed E-state index contributed by atoms with van der Waals surface area (Å²) in [7, 11) is -3.35. The monoisotopic (exact) mass is 251 g/mol. The summed E-state index contributed by atoms with van der Waals surface area (Å²) in [4.78, 5) is 0.208. The van der Waals surface area contributed by atoms with Gasteiger partial charge in [0.1, 0.15) is 0 Å². The predicted octanol–water partition coefficient (Wildman–Crippen LogP) is -0.0650. The fourth-order valence-corrected chi connectivity index (χ4v) is 3.52. The highest BCUT2D eigenvalue weighted by Gasteiger charge is 2.30. The molecule has 2 N–H and O–H groups in total. The van der Waals surface area contributed by atoms with Crippen LogP contribution in [0.15, 0.2) is 0 Å². The Morgan fingerprint density at radius 3 is 2.40 bits per heavy atom. The van der Waals surface area contributed by atoms with Crippen molar-refractivity contribution in [2.24, 2.45) is 5.73 Å². The minimum atomic E-state index is -3.35. The molecular formula is C8H17N3O2S2. The van der Waals surface area contributed by atoms with E-state index in [9.17, 15) is 8.42 Å². The van der Waals surface area contributed by atoms with Crippen molar-refractivity contribution < 1.29 is 8.42 Å². The molecule has 15 heavy (non-hydrogen) atoms. The Kier molecular flexibility index (Phi) is 4.45. The van der Waals surface area contributed by atoms with Crippen LogP contribution in [0, 0.1) is 0 Å². The zero-order valence-electron chi connectivity index (χ0n) is 8.85. The molecule has 0 saturated carbocycles. The predicted molar refractivity (Wildman–Crippen MR) is 63.8 cm³/mol. The van der Waals surface area contributed by atoms with E-state index < -0.39 is 10.2 Å². The number of thiocarbonyl (C=S) groups is 1. The van der Waals surface area contributed by atoms with Crippen LogP contribution in [-0.2, 0) is 10.2 Å². The van der Waals surface area contributed by atoms with Gasteiger partial charge < -0.3 is 5.73 Å². The molecule has 0 aromatic carbocycles. The fraction of sp³-hybridized carbons (Fsp3) is 0.875. The van der Waals surface area contributed by atoms with Crippen LogP contribution in [0.25, 0.3) is 0 Å². The van der Waals surface area contributed by atoms with Gasteiger partial charge in [0.15, 0.2) is 0 Å². The number of nitrogens with zero attached hydrogens (tertiary/aromatic N) is 2. The van der Waals surface area contributed by atoms with Gasteiger partial charge in [-0.25, -0.2) is 0 Å². The maximum Gasteiger partial charge on any atom is 0.282 e. The molecule has 0 unspecified atom stereocenters. The second-order valence-corrected chi connectivity index (χ2v) is 5.96. The van der Waals surface area contributed by atoms with Crippen LogP contribution in [0.3, 0.4) is 0 Å². The summed E-state index contributed by atoms with van der Waals surface area (Å²) in [6.07, 6.45) is 1.87. The first-order valence-electron chi connectivity index (χ1n) is 5.02. The van der Waals surface area contributed by atoms with Crippen LogP contribution in [0.2, 0.25) is 0 Å². The second-order valence-electron chi connectivity index (χ2n) is 3.51. The van der Waals surface area contributed by atoms with Crippen LogP contribution >= 0.6 is 12.2 Å². The topological polar surface area (TPSA) is 66.6 Å². The van der Waals surface area contributed by atoms with Crippen LogP contribution in [0.4, 0.5) is 0 Å². The summed E-state index contributed by atoms with van der Waals surface area (Å²) in [5, 5.41) is 0. The van der Waals surface area contributed by atoms with E-state index in [0.29, 0.717) is 19.6 Å². The normalized spacial score (nSPS) is 18.5. The third-order valence-electron chi connectivity index (χ3n) is 2.40. The van der Waals surface area contributed by atoms with Gasteiger partial charge in [0, 0.05) is 19.6 Å². The number of nitrogens with two attached hydrogens (primary N) is 1. The molecule has 1 aliphatic heterocycles.